The molecule has 0 bridgehead atoms. The molecule has 94 valence electrons. The van der Waals surface area contributed by atoms with Crippen molar-refractivity contribution in [1.29, 1.82) is 0 Å². The van der Waals surface area contributed by atoms with E-state index in [0.717, 1.165) is 26.9 Å². The van der Waals surface area contributed by atoms with E-state index in [2.05, 4.69) is 10.2 Å². The first-order valence-electron chi connectivity index (χ1n) is 5.90. The van der Waals surface area contributed by atoms with Gasteiger partial charge in [0.15, 0.2) is 0 Å². The van der Waals surface area contributed by atoms with Gasteiger partial charge in [0, 0.05) is 11.1 Å². The molecule has 0 unspecified atom stereocenters. The van der Waals surface area contributed by atoms with Crippen LogP contribution < -0.4 is 4.74 Å². The Balaban J connectivity index is 1.97. The van der Waals surface area contributed by atoms with Gasteiger partial charge < -0.3 is 4.74 Å². The molecule has 0 spiro atoms. The number of benzene rings is 2. The molecular formula is C15H12N2OS. The quantitative estimate of drug-likeness (QED) is 0.723. The molecule has 4 heteroatoms. The summed E-state index contributed by atoms with van der Waals surface area (Å²) in [7, 11) is 1.66. The number of nitrogens with zero attached hydrogens (tertiary/aromatic N) is 2. The molecule has 1 aromatic heterocycles. The summed E-state index contributed by atoms with van der Waals surface area (Å²) in [4.78, 5) is 0. The van der Waals surface area contributed by atoms with Gasteiger partial charge in [-0.1, -0.05) is 53.8 Å². The standard InChI is InChI=1S/C15H12N2OS/c1-18-13-9-5-8-12(10-13)15-17-16-14(19-15)11-6-3-2-4-7-11/h2-10H,1H3. The Morgan fingerprint density at radius 2 is 1.53 bits per heavy atom. The van der Waals surface area contributed by atoms with Crippen molar-refractivity contribution in [2.75, 3.05) is 7.11 Å². The van der Waals surface area contributed by atoms with E-state index in [1.165, 1.54) is 0 Å². The van der Waals surface area contributed by atoms with Crippen molar-refractivity contribution in [3.63, 3.8) is 0 Å². The fourth-order valence-corrected chi connectivity index (χ4v) is 2.64. The number of hydrogen-bond donors (Lipinski definition) is 0. The third kappa shape index (κ3) is 2.48. The normalized spacial score (nSPS) is 10.4. The lowest BCUT2D eigenvalue weighted by Crippen LogP contribution is -1.83. The minimum Gasteiger partial charge on any atom is -0.497 e. The van der Waals surface area contributed by atoms with E-state index in [9.17, 15) is 0 Å². The van der Waals surface area contributed by atoms with Crippen LogP contribution in [0.4, 0.5) is 0 Å². The summed E-state index contributed by atoms with van der Waals surface area (Å²) in [6, 6.07) is 17.9. The molecule has 19 heavy (non-hydrogen) atoms. The van der Waals surface area contributed by atoms with E-state index >= 15 is 0 Å². The summed E-state index contributed by atoms with van der Waals surface area (Å²) in [6.07, 6.45) is 0. The summed E-state index contributed by atoms with van der Waals surface area (Å²) in [6.45, 7) is 0. The van der Waals surface area contributed by atoms with Crippen LogP contribution in [0.2, 0.25) is 0 Å². The SMILES string of the molecule is COc1cccc(-c2nnc(-c3ccccc3)s2)c1. The van der Waals surface area contributed by atoms with Crippen LogP contribution in [-0.4, -0.2) is 17.3 Å². The van der Waals surface area contributed by atoms with Gasteiger partial charge in [-0.3, -0.25) is 0 Å². The predicted octanol–water partition coefficient (Wildman–Crippen LogP) is 3.88. The summed E-state index contributed by atoms with van der Waals surface area (Å²) >= 11 is 1.58. The highest BCUT2D eigenvalue weighted by Crippen LogP contribution is 2.31. The molecule has 0 fully saturated rings. The topological polar surface area (TPSA) is 35.0 Å². The highest BCUT2D eigenvalue weighted by molar-refractivity contribution is 7.17. The number of ether oxygens (including phenoxy) is 1. The summed E-state index contributed by atoms with van der Waals surface area (Å²) in [5.41, 5.74) is 2.12. The van der Waals surface area contributed by atoms with Crippen LogP contribution in [0.15, 0.2) is 54.6 Å². The summed E-state index contributed by atoms with van der Waals surface area (Å²) in [5, 5.41) is 10.3. The van der Waals surface area contributed by atoms with Crippen LogP contribution in [-0.2, 0) is 0 Å². The van der Waals surface area contributed by atoms with Crippen LogP contribution >= 0.6 is 11.3 Å². The van der Waals surface area contributed by atoms with Gasteiger partial charge in [0.1, 0.15) is 15.8 Å². The van der Waals surface area contributed by atoms with Crippen molar-refractivity contribution < 1.29 is 4.74 Å². The second-order valence-electron chi connectivity index (χ2n) is 4.01. The zero-order chi connectivity index (χ0) is 13.1. The fourth-order valence-electron chi connectivity index (χ4n) is 1.79. The van der Waals surface area contributed by atoms with Gasteiger partial charge >= 0.3 is 0 Å². The first-order valence-corrected chi connectivity index (χ1v) is 6.72. The molecule has 2 aromatic carbocycles. The second kappa shape index (κ2) is 5.20. The Labute approximate surface area is 115 Å². The van der Waals surface area contributed by atoms with E-state index < -0.39 is 0 Å². The molecule has 0 amide bonds. The molecule has 0 saturated heterocycles. The lowest BCUT2D eigenvalue weighted by Gasteiger charge is -2.00. The summed E-state index contributed by atoms with van der Waals surface area (Å²) < 4.78 is 5.22. The minimum atomic E-state index is 0.828. The van der Waals surface area contributed by atoms with Crippen LogP contribution in [0, 0.1) is 0 Å². The fraction of sp³-hybridized carbons (Fsp3) is 0.0667. The molecule has 3 nitrogen and oxygen atoms in total. The largest absolute Gasteiger partial charge is 0.497 e. The first-order chi connectivity index (χ1) is 9.36. The molecular weight excluding hydrogens is 256 g/mol. The van der Waals surface area contributed by atoms with Gasteiger partial charge in [-0.25, -0.2) is 0 Å². The van der Waals surface area contributed by atoms with Crippen molar-refractivity contribution in [3.05, 3.63) is 54.6 Å². The van der Waals surface area contributed by atoms with Crippen LogP contribution in [0.25, 0.3) is 21.1 Å². The molecule has 0 radical (unpaired) electrons. The Morgan fingerprint density at radius 3 is 2.26 bits per heavy atom. The van der Waals surface area contributed by atoms with Crippen molar-refractivity contribution in [2.45, 2.75) is 0 Å². The lowest BCUT2D eigenvalue weighted by atomic mass is 10.2. The first kappa shape index (κ1) is 11.9. The average Bonchev–Trinajstić information content (AvgIpc) is 2.98. The predicted molar refractivity (Wildman–Crippen MR) is 77.3 cm³/mol. The van der Waals surface area contributed by atoms with Gasteiger partial charge in [-0.2, -0.15) is 0 Å². The number of hydrogen-bond acceptors (Lipinski definition) is 4. The third-order valence-electron chi connectivity index (χ3n) is 2.76. The molecule has 0 aliphatic heterocycles. The zero-order valence-electron chi connectivity index (χ0n) is 10.4. The minimum absolute atomic E-state index is 0.828. The van der Waals surface area contributed by atoms with Gasteiger partial charge in [-0.15, -0.1) is 10.2 Å². The smallest absolute Gasteiger partial charge is 0.148 e. The Kier molecular flexibility index (Phi) is 3.25. The molecule has 0 N–H and O–H groups in total. The maximum Gasteiger partial charge on any atom is 0.148 e. The monoisotopic (exact) mass is 268 g/mol. The zero-order valence-corrected chi connectivity index (χ0v) is 11.2. The molecule has 0 aliphatic carbocycles. The molecule has 3 rings (SSSR count). The van der Waals surface area contributed by atoms with Gasteiger partial charge in [0.2, 0.25) is 0 Å². The van der Waals surface area contributed by atoms with Crippen molar-refractivity contribution in [1.82, 2.24) is 10.2 Å². The molecule has 1 heterocycles. The van der Waals surface area contributed by atoms with Crippen molar-refractivity contribution in [3.8, 4) is 26.9 Å². The number of rotatable bonds is 3. The highest BCUT2D eigenvalue weighted by atomic mass is 32.1. The van der Waals surface area contributed by atoms with Gasteiger partial charge in [-0.05, 0) is 12.1 Å². The third-order valence-corrected chi connectivity index (χ3v) is 3.78. The molecule has 3 aromatic rings. The Morgan fingerprint density at radius 1 is 0.842 bits per heavy atom. The Bertz CT molecular complexity index is 679. The van der Waals surface area contributed by atoms with E-state index in [1.54, 1.807) is 18.4 Å². The van der Waals surface area contributed by atoms with Gasteiger partial charge in [0.25, 0.3) is 0 Å². The van der Waals surface area contributed by atoms with E-state index in [1.807, 2.05) is 54.6 Å². The average molecular weight is 268 g/mol. The van der Waals surface area contributed by atoms with E-state index in [-0.39, 0.29) is 0 Å². The number of aromatic nitrogens is 2. The molecule has 0 aliphatic rings. The maximum absolute atomic E-state index is 5.22. The molecule has 0 atom stereocenters. The lowest BCUT2D eigenvalue weighted by molar-refractivity contribution is 0.415. The van der Waals surface area contributed by atoms with Gasteiger partial charge in [0.05, 0.1) is 7.11 Å². The molecule has 0 saturated carbocycles. The van der Waals surface area contributed by atoms with E-state index in [0.29, 0.717) is 0 Å². The van der Waals surface area contributed by atoms with Crippen LogP contribution in [0.1, 0.15) is 0 Å². The van der Waals surface area contributed by atoms with Crippen LogP contribution in [0.5, 0.6) is 5.75 Å². The summed E-state index contributed by atoms with van der Waals surface area (Å²) in [5.74, 6) is 0.828. The maximum atomic E-state index is 5.22. The Hall–Kier alpha value is -2.20. The van der Waals surface area contributed by atoms with Crippen molar-refractivity contribution >= 4 is 11.3 Å². The second-order valence-corrected chi connectivity index (χ2v) is 4.99. The van der Waals surface area contributed by atoms with Crippen LogP contribution in [0.3, 0.4) is 0 Å². The van der Waals surface area contributed by atoms with Crippen molar-refractivity contribution in [2.24, 2.45) is 0 Å². The number of methoxy groups -OCH3 is 1. The van der Waals surface area contributed by atoms with E-state index in [4.69, 9.17) is 4.74 Å². The highest BCUT2D eigenvalue weighted by Gasteiger charge is 2.08.